The zero-order valence-electron chi connectivity index (χ0n) is 19.4. The van der Waals surface area contributed by atoms with Gasteiger partial charge in [-0.3, -0.25) is 14.1 Å². The summed E-state index contributed by atoms with van der Waals surface area (Å²) in [4.78, 5) is 43.5. The second-order valence-electron chi connectivity index (χ2n) is 8.15. The fraction of sp³-hybridized carbons (Fsp3) is 0.348. The Morgan fingerprint density at radius 2 is 1.83 bits per heavy atom. The summed E-state index contributed by atoms with van der Waals surface area (Å²) in [5.74, 6) is -1.36. The highest BCUT2D eigenvalue weighted by Crippen LogP contribution is 2.32. The molecule has 2 amide bonds. The molecule has 0 aliphatic carbocycles. The zero-order chi connectivity index (χ0) is 25.9. The molecular formula is C23H24N3O9S+. The fourth-order valence-corrected chi connectivity index (χ4v) is 4.37. The number of imide groups is 1. The van der Waals surface area contributed by atoms with Gasteiger partial charge in [-0.15, -0.1) is 5.06 Å². The Labute approximate surface area is 206 Å². The molecule has 0 atom stereocenters. The summed E-state index contributed by atoms with van der Waals surface area (Å²) in [5.41, 5.74) is 1.23. The minimum absolute atomic E-state index is 0.0510. The molecule has 1 N–H and O–H groups in total. The number of benzene rings is 1. The number of rotatable bonds is 10. The highest BCUT2D eigenvalue weighted by atomic mass is 32.2. The maximum absolute atomic E-state index is 11.8. The molecule has 1 saturated heterocycles. The van der Waals surface area contributed by atoms with E-state index in [0.29, 0.717) is 29.2 Å². The van der Waals surface area contributed by atoms with E-state index in [1.165, 1.54) is 19.2 Å². The van der Waals surface area contributed by atoms with Crippen molar-refractivity contribution in [1.82, 2.24) is 10.0 Å². The lowest BCUT2D eigenvalue weighted by molar-refractivity contribution is -0.697. The van der Waals surface area contributed by atoms with Crippen molar-refractivity contribution in [3.63, 3.8) is 0 Å². The lowest BCUT2D eigenvalue weighted by Crippen LogP contribution is -2.32. The molecule has 0 radical (unpaired) electrons. The highest BCUT2D eigenvalue weighted by molar-refractivity contribution is 7.86. The second kappa shape index (κ2) is 10.4. The number of ether oxygens (including phenoxy) is 1. The summed E-state index contributed by atoms with van der Waals surface area (Å²) >= 11 is 0. The van der Waals surface area contributed by atoms with Gasteiger partial charge in [0.25, 0.3) is 21.9 Å². The largest absolute Gasteiger partial charge is 0.495 e. The van der Waals surface area contributed by atoms with Gasteiger partial charge in [0.05, 0.1) is 7.11 Å². The quantitative estimate of drug-likeness (QED) is 0.183. The first kappa shape index (κ1) is 25.3. The SMILES string of the molecule is COc1cc2oc(-c3cc[n+](CCCCCC(=O)ON4C(=O)CCC4=O)cc3)nc2cc1S(=O)(=O)O. The van der Waals surface area contributed by atoms with E-state index in [2.05, 4.69) is 4.98 Å². The number of aromatic nitrogens is 2. The average molecular weight is 519 g/mol. The van der Waals surface area contributed by atoms with Crippen LogP contribution in [0, 0.1) is 0 Å². The summed E-state index contributed by atoms with van der Waals surface area (Å²) in [6.45, 7) is 0.695. The van der Waals surface area contributed by atoms with Crippen molar-refractivity contribution in [2.24, 2.45) is 0 Å². The van der Waals surface area contributed by atoms with Crippen LogP contribution in [0.15, 0.2) is 46.0 Å². The summed E-state index contributed by atoms with van der Waals surface area (Å²) in [6, 6.07) is 6.14. The van der Waals surface area contributed by atoms with Crippen LogP contribution in [0.4, 0.5) is 0 Å². The van der Waals surface area contributed by atoms with E-state index >= 15 is 0 Å². The smallest absolute Gasteiger partial charge is 0.333 e. The zero-order valence-corrected chi connectivity index (χ0v) is 20.2. The van der Waals surface area contributed by atoms with Crippen LogP contribution in [0.3, 0.4) is 0 Å². The molecule has 0 spiro atoms. The molecule has 0 saturated carbocycles. The third-order valence-corrected chi connectivity index (χ3v) is 6.46. The Morgan fingerprint density at radius 1 is 1.14 bits per heavy atom. The van der Waals surface area contributed by atoms with E-state index in [1.54, 1.807) is 12.1 Å². The first-order valence-electron chi connectivity index (χ1n) is 11.2. The number of hydrogen-bond acceptors (Lipinski definition) is 9. The molecule has 1 aliphatic heterocycles. The van der Waals surface area contributed by atoms with Crippen LogP contribution < -0.4 is 9.30 Å². The predicted molar refractivity (Wildman–Crippen MR) is 122 cm³/mol. The Balaban J connectivity index is 1.29. The first-order valence-corrected chi connectivity index (χ1v) is 12.6. The van der Waals surface area contributed by atoms with Gasteiger partial charge in [-0.05, 0) is 18.9 Å². The third-order valence-electron chi connectivity index (χ3n) is 5.59. The molecule has 12 nitrogen and oxygen atoms in total. The molecule has 1 aliphatic rings. The standard InChI is InChI=1S/C23H23N3O9S/c1-33-18-14-17-16(13-19(18)36(30,31)32)24-23(34-17)15-8-11-25(12-9-15)10-4-2-3-5-22(29)35-26-20(27)6-7-21(26)28/h8-9,11-14H,2-7,10H2,1H3/p+1. The van der Waals surface area contributed by atoms with Crippen molar-refractivity contribution in [1.29, 1.82) is 0 Å². The topological polar surface area (TPSA) is 157 Å². The molecule has 1 fully saturated rings. The normalized spacial score (nSPS) is 14.0. The molecule has 190 valence electrons. The minimum Gasteiger partial charge on any atom is -0.495 e. The van der Waals surface area contributed by atoms with Crippen molar-refractivity contribution in [3.8, 4) is 17.2 Å². The highest BCUT2D eigenvalue weighted by Gasteiger charge is 2.32. The summed E-state index contributed by atoms with van der Waals surface area (Å²) < 4.78 is 45.3. The van der Waals surface area contributed by atoms with Crippen LogP contribution in [0.25, 0.3) is 22.6 Å². The molecule has 2 aromatic heterocycles. The van der Waals surface area contributed by atoms with Gasteiger partial charge in [-0.25, -0.2) is 14.3 Å². The number of hydroxylamine groups is 2. The van der Waals surface area contributed by atoms with Crippen LogP contribution in [0.5, 0.6) is 5.75 Å². The van der Waals surface area contributed by atoms with E-state index in [9.17, 15) is 27.4 Å². The van der Waals surface area contributed by atoms with Crippen molar-refractivity contribution in [2.45, 2.75) is 50.0 Å². The van der Waals surface area contributed by atoms with Crippen LogP contribution in [-0.4, -0.2) is 47.9 Å². The maximum Gasteiger partial charge on any atom is 0.333 e. The average Bonchev–Trinajstić information content (AvgIpc) is 3.40. The van der Waals surface area contributed by atoms with Crippen LogP contribution in [0.2, 0.25) is 0 Å². The van der Waals surface area contributed by atoms with Gasteiger partial charge in [0.15, 0.2) is 18.0 Å². The number of pyridine rings is 1. The lowest BCUT2D eigenvalue weighted by Gasteiger charge is -2.12. The van der Waals surface area contributed by atoms with Gasteiger partial charge >= 0.3 is 5.97 Å². The number of carbonyl (C=O) groups is 3. The Bertz CT molecular complexity index is 1400. The van der Waals surface area contributed by atoms with Crippen LogP contribution >= 0.6 is 0 Å². The molecule has 1 aromatic carbocycles. The lowest BCUT2D eigenvalue weighted by atomic mass is 10.2. The first-order chi connectivity index (χ1) is 17.2. The van der Waals surface area contributed by atoms with Crippen molar-refractivity contribution < 1.29 is 45.9 Å². The number of carbonyl (C=O) groups excluding carboxylic acids is 3. The number of aryl methyl sites for hydroxylation is 1. The van der Waals surface area contributed by atoms with E-state index in [0.717, 1.165) is 12.8 Å². The molecular weight excluding hydrogens is 494 g/mol. The third kappa shape index (κ3) is 5.69. The number of unbranched alkanes of at least 4 members (excludes halogenated alkanes) is 2. The fourth-order valence-electron chi connectivity index (χ4n) is 3.72. The molecule has 3 heterocycles. The van der Waals surface area contributed by atoms with Crippen LogP contribution in [0.1, 0.15) is 38.5 Å². The van der Waals surface area contributed by atoms with E-state index < -0.39 is 32.8 Å². The van der Waals surface area contributed by atoms with Gasteiger partial charge in [-0.2, -0.15) is 8.42 Å². The number of amides is 2. The van der Waals surface area contributed by atoms with E-state index in [-0.39, 0.29) is 36.4 Å². The minimum atomic E-state index is -4.49. The van der Waals surface area contributed by atoms with Crippen molar-refractivity contribution in [2.75, 3.05) is 7.11 Å². The molecule has 13 heteroatoms. The molecule has 0 bridgehead atoms. The molecule has 3 aromatic rings. The Kier molecular flexibility index (Phi) is 7.31. The maximum atomic E-state index is 11.8. The number of oxazole rings is 1. The van der Waals surface area contributed by atoms with E-state index in [1.807, 2.05) is 17.0 Å². The monoisotopic (exact) mass is 518 g/mol. The molecule has 4 rings (SSSR count). The summed E-state index contributed by atoms with van der Waals surface area (Å²) in [7, 11) is -3.21. The number of fused-ring (bicyclic) bond motifs is 1. The van der Waals surface area contributed by atoms with E-state index in [4.69, 9.17) is 14.0 Å². The van der Waals surface area contributed by atoms with Crippen LogP contribution in [-0.2, 0) is 35.9 Å². The van der Waals surface area contributed by atoms with Gasteiger partial charge in [-0.1, -0.05) is 0 Å². The molecule has 36 heavy (non-hydrogen) atoms. The number of methoxy groups -OCH3 is 1. The number of nitrogens with zero attached hydrogens (tertiary/aromatic N) is 3. The van der Waals surface area contributed by atoms with Gasteiger partial charge < -0.3 is 14.0 Å². The predicted octanol–water partition coefficient (Wildman–Crippen LogP) is 2.21. The Morgan fingerprint density at radius 3 is 2.47 bits per heavy atom. The molecule has 0 unspecified atom stereocenters. The second-order valence-corrected chi connectivity index (χ2v) is 9.54. The van der Waals surface area contributed by atoms with Gasteiger partial charge in [0.1, 0.15) is 22.7 Å². The van der Waals surface area contributed by atoms with Crippen molar-refractivity contribution >= 4 is 39.0 Å². The van der Waals surface area contributed by atoms with Gasteiger partial charge in [0, 0.05) is 49.4 Å². The number of hydrogen-bond donors (Lipinski definition) is 1. The summed E-state index contributed by atoms with van der Waals surface area (Å²) in [5, 5.41) is 0.556. The Hall–Kier alpha value is -3.84. The summed E-state index contributed by atoms with van der Waals surface area (Å²) in [6.07, 6.45) is 6.03. The van der Waals surface area contributed by atoms with Gasteiger partial charge in [0.2, 0.25) is 5.89 Å². The van der Waals surface area contributed by atoms with Crippen molar-refractivity contribution in [3.05, 3.63) is 36.7 Å².